The Bertz CT molecular complexity index is 500. The summed E-state index contributed by atoms with van der Waals surface area (Å²) in [5, 5.41) is 0. The van der Waals surface area contributed by atoms with Gasteiger partial charge in [0.15, 0.2) is 0 Å². The van der Waals surface area contributed by atoms with Gasteiger partial charge >= 0.3 is 18.9 Å². The largest absolute Gasteiger partial charge is 1.00 e. The number of aliphatic imine (C=N–C) groups is 1. The first-order valence-corrected chi connectivity index (χ1v) is 5.12. The summed E-state index contributed by atoms with van der Waals surface area (Å²) in [6.07, 6.45) is 3.19. The van der Waals surface area contributed by atoms with Crippen LogP contribution in [0.25, 0.3) is 0 Å². The normalized spacial score (nSPS) is 13.6. The number of hydrogen-bond acceptors (Lipinski definition) is 1. The van der Waals surface area contributed by atoms with Crippen molar-refractivity contribution in [3.8, 4) is 0 Å². The average Bonchev–Trinajstić information content (AvgIpc) is 2.78. The molecule has 0 bridgehead atoms. The Morgan fingerprint density at radius 1 is 1.12 bits per heavy atom. The third kappa shape index (κ3) is 1.87. The fraction of sp³-hybridized carbons (Fsp3) is 0.154. The zero-order chi connectivity index (χ0) is 10.1. The van der Waals surface area contributed by atoms with Gasteiger partial charge in [0, 0.05) is 12.3 Å². The van der Waals surface area contributed by atoms with Crippen LogP contribution in [0.2, 0.25) is 0 Å². The molecule has 0 N–H and O–H groups in total. The fourth-order valence-corrected chi connectivity index (χ4v) is 1.94. The molecule has 0 atom stereocenters. The molecule has 0 fully saturated rings. The molecule has 1 aliphatic heterocycles. The van der Waals surface area contributed by atoms with Crippen LogP contribution in [-0.4, -0.2) is 16.8 Å². The van der Waals surface area contributed by atoms with Gasteiger partial charge in [-0.2, -0.15) is 12.1 Å². The molecule has 1 aromatic heterocycles. The monoisotopic (exact) mass is 202 g/mol. The van der Waals surface area contributed by atoms with Crippen molar-refractivity contribution in [1.82, 2.24) is 4.57 Å². The van der Waals surface area contributed by atoms with Crippen molar-refractivity contribution in [3.05, 3.63) is 59.9 Å². The van der Waals surface area contributed by atoms with Gasteiger partial charge in [0.05, 0.1) is 6.54 Å². The first-order chi connectivity index (χ1) is 7.45. The second-order valence-electron chi connectivity index (χ2n) is 3.60. The van der Waals surface area contributed by atoms with Gasteiger partial charge in [0.1, 0.15) is 0 Å². The van der Waals surface area contributed by atoms with Crippen LogP contribution in [0.1, 0.15) is 11.3 Å². The number of nitrogens with zero attached hydrogens (tertiary/aromatic N) is 2. The summed E-state index contributed by atoms with van der Waals surface area (Å²) in [5.74, 6) is 0. The summed E-state index contributed by atoms with van der Waals surface area (Å²) >= 11 is 0. The molecular formula is C13H11LiN2. The molecule has 0 radical (unpaired) electrons. The van der Waals surface area contributed by atoms with Gasteiger partial charge in [-0.05, 0) is 5.56 Å². The standard InChI is InChI=1S/C13H11N2.Li/c1-2-5-11(6-3-1)13-12-7-4-9-15(12)10-8-14-13;/h1-7H,8,10H2;/q-1;+1. The Kier molecular flexibility index (Phi) is 3.33. The minimum absolute atomic E-state index is 0. The molecule has 0 saturated carbocycles. The quantitative estimate of drug-likeness (QED) is 0.423. The van der Waals surface area contributed by atoms with E-state index in [1.807, 2.05) is 24.3 Å². The van der Waals surface area contributed by atoms with Gasteiger partial charge in [0.25, 0.3) is 0 Å². The number of benzene rings is 1. The predicted molar refractivity (Wildman–Crippen MR) is 60.2 cm³/mol. The van der Waals surface area contributed by atoms with Gasteiger partial charge < -0.3 is 4.57 Å². The summed E-state index contributed by atoms with van der Waals surface area (Å²) in [6.45, 7) is 1.79. The molecule has 16 heavy (non-hydrogen) atoms. The summed E-state index contributed by atoms with van der Waals surface area (Å²) in [6, 6.07) is 14.3. The van der Waals surface area contributed by atoms with Crippen molar-refractivity contribution in [2.75, 3.05) is 6.54 Å². The molecule has 1 aromatic carbocycles. The van der Waals surface area contributed by atoms with Crippen LogP contribution in [-0.2, 0) is 6.54 Å². The average molecular weight is 202 g/mol. The van der Waals surface area contributed by atoms with Crippen molar-refractivity contribution in [3.63, 3.8) is 0 Å². The maximum Gasteiger partial charge on any atom is 1.00 e. The van der Waals surface area contributed by atoms with Gasteiger partial charge in [-0.1, -0.05) is 36.0 Å². The smallest absolute Gasteiger partial charge is 0.461 e. The molecule has 0 amide bonds. The topological polar surface area (TPSA) is 17.3 Å². The molecule has 0 spiro atoms. The summed E-state index contributed by atoms with van der Waals surface area (Å²) < 4.78 is 2.13. The van der Waals surface area contributed by atoms with E-state index in [0.717, 1.165) is 18.8 Å². The van der Waals surface area contributed by atoms with E-state index in [0.29, 0.717) is 0 Å². The number of rotatable bonds is 1. The SMILES string of the molecule is [Li+].[c-]1ccc2n1CCN=C2c1ccccc1. The number of aromatic nitrogens is 1. The Labute approximate surface area is 107 Å². The molecule has 2 nitrogen and oxygen atoms in total. The van der Waals surface area contributed by atoms with Crippen LogP contribution in [0, 0.1) is 6.20 Å². The van der Waals surface area contributed by atoms with Crippen molar-refractivity contribution in [1.29, 1.82) is 0 Å². The second kappa shape index (κ2) is 4.74. The maximum atomic E-state index is 4.59. The van der Waals surface area contributed by atoms with E-state index in [9.17, 15) is 0 Å². The van der Waals surface area contributed by atoms with Crippen molar-refractivity contribution >= 4 is 5.71 Å². The zero-order valence-corrected chi connectivity index (χ0v) is 9.35. The number of hydrogen-bond donors (Lipinski definition) is 0. The van der Waals surface area contributed by atoms with E-state index in [2.05, 4.69) is 34.0 Å². The first kappa shape index (κ1) is 11.3. The molecule has 74 valence electrons. The van der Waals surface area contributed by atoms with Gasteiger partial charge in [-0.3, -0.25) is 4.99 Å². The minimum Gasteiger partial charge on any atom is -0.461 e. The van der Waals surface area contributed by atoms with Crippen LogP contribution in [0.3, 0.4) is 0 Å². The molecule has 2 heterocycles. The van der Waals surface area contributed by atoms with Gasteiger partial charge in [0.2, 0.25) is 0 Å². The Morgan fingerprint density at radius 3 is 2.75 bits per heavy atom. The fourth-order valence-electron chi connectivity index (χ4n) is 1.94. The van der Waals surface area contributed by atoms with Crippen LogP contribution >= 0.6 is 0 Å². The molecule has 0 unspecified atom stereocenters. The van der Waals surface area contributed by atoms with Gasteiger partial charge in [-0.25, -0.2) is 0 Å². The Morgan fingerprint density at radius 2 is 1.94 bits per heavy atom. The van der Waals surface area contributed by atoms with E-state index < -0.39 is 0 Å². The van der Waals surface area contributed by atoms with Gasteiger partial charge in [-0.15, -0.1) is 6.20 Å². The third-order valence-corrected chi connectivity index (χ3v) is 2.65. The van der Waals surface area contributed by atoms with Crippen molar-refractivity contribution < 1.29 is 18.9 Å². The molecule has 2 aromatic rings. The van der Waals surface area contributed by atoms with E-state index in [-0.39, 0.29) is 18.9 Å². The molecular weight excluding hydrogens is 191 g/mol. The molecule has 3 heteroatoms. The van der Waals surface area contributed by atoms with Crippen LogP contribution < -0.4 is 18.9 Å². The van der Waals surface area contributed by atoms with E-state index in [4.69, 9.17) is 0 Å². The second-order valence-corrected chi connectivity index (χ2v) is 3.60. The maximum absolute atomic E-state index is 4.59. The van der Waals surface area contributed by atoms with Crippen LogP contribution in [0.5, 0.6) is 0 Å². The summed E-state index contributed by atoms with van der Waals surface area (Å²) in [5.41, 5.74) is 3.45. The summed E-state index contributed by atoms with van der Waals surface area (Å²) in [7, 11) is 0. The predicted octanol–water partition coefficient (Wildman–Crippen LogP) is -0.857. The molecule has 3 rings (SSSR count). The zero-order valence-electron chi connectivity index (χ0n) is 9.35. The van der Waals surface area contributed by atoms with E-state index in [1.54, 1.807) is 0 Å². The number of fused-ring (bicyclic) bond motifs is 1. The summed E-state index contributed by atoms with van der Waals surface area (Å²) in [4.78, 5) is 4.59. The van der Waals surface area contributed by atoms with Crippen LogP contribution in [0.4, 0.5) is 0 Å². The van der Waals surface area contributed by atoms with Crippen molar-refractivity contribution in [2.45, 2.75) is 6.54 Å². The minimum atomic E-state index is 0. The Hall–Kier alpha value is -1.23. The first-order valence-electron chi connectivity index (χ1n) is 5.12. The van der Waals surface area contributed by atoms with Crippen LogP contribution in [0.15, 0.2) is 47.5 Å². The Balaban J connectivity index is 0.000000963. The molecule has 1 aliphatic rings. The third-order valence-electron chi connectivity index (χ3n) is 2.65. The molecule has 0 saturated heterocycles. The molecule has 0 aliphatic carbocycles. The van der Waals surface area contributed by atoms with Crippen molar-refractivity contribution in [2.24, 2.45) is 4.99 Å². The van der Waals surface area contributed by atoms with E-state index in [1.165, 1.54) is 11.3 Å². The van der Waals surface area contributed by atoms with E-state index >= 15 is 0 Å².